The summed E-state index contributed by atoms with van der Waals surface area (Å²) in [4.78, 5) is 18.4. The van der Waals surface area contributed by atoms with Gasteiger partial charge in [0.15, 0.2) is 0 Å². The Balaban J connectivity index is 2.80. The molecule has 0 saturated heterocycles. The number of hydrogen-bond donors (Lipinski definition) is 1. The van der Waals surface area contributed by atoms with E-state index in [1.54, 1.807) is 17.4 Å². The first kappa shape index (κ1) is 15.1. The molecule has 1 atom stereocenters. The van der Waals surface area contributed by atoms with Crippen LogP contribution in [0.2, 0.25) is 0 Å². The maximum atomic E-state index is 12.4. The first-order chi connectivity index (χ1) is 8.63. The van der Waals surface area contributed by atoms with Gasteiger partial charge in [0.1, 0.15) is 10.7 Å². The van der Waals surface area contributed by atoms with E-state index < -0.39 is 0 Å². The van der Waals surface area contributed by atoms with E-state index in [-0.39, 0.29) is 11.9 Å². The zero-order chi connectivity index (χ0) is 13.5. The van der Waals surface area contributed by atoms with Crippen LogP contribution < -0.4 is 5.73 Å². The van der Waals surface area contributed by atoms with Crippen LogP contribution in [0.5, 0.6) is 0 Å². The minimum atomic E-state index is -0.0441. The van der Waals surface area contributed by atoms with Gasteiger partial charge in [-0.25, -0.2) is 4.98 Å². The molecule has 18 heavy (non-hydrogen) atoms. The summed E-state index contributed by atoms with van der Waals surface area (Å²) >= 11 is 1.42. The van der Waals surface area contributed by atoms with Crippen molar-refractivity contribution in [2.45, 2.75) is 32.9 Å². The minimum absolute atomic E-state index is 0.0441. The summed E-state index contributed by atoms with van der Waals surface area (Å²) < 4.78 is 5.05. The van der Waals surface area contributed by atoms with Crippen molar-refractivity contribution in [1.82, 2.24) is 9.88 Å². The Labute approximate surface area is 112 Å². The molecule has 0 aromatic carbocycles. The molecule has 102 valence electrons. The van der Waals surface area contributed by atoms with E-state index >= 15 is 0 Å². The Morgan fingerprint density at radius 3 is 2.89 bits per heavy atom. The van der Waals surface area contributed by atoms with E-state index in [1.165, 1.54) is 11.3 Å². The van der Waals surface area contributed by atoms with E-state index in [0.717, 1.165) is 11.4 Å². The molecule has 1 unspecified atom stereocenters. The van der Waals surface area contributed by atoms with E-state index in [9.17, 15) is 4.79 Å². The second-order valence-electron chi connectivity index (χ2n) is 4.08. The van der Waals surface area contributed by atoms with Crippen molar-refractivity contribution in [3.63, 3.8) is 0 Å². The molecule has 1 aromatic rings. The zero-order valence-corrected chi connectivity index (χ0v) is 12.0. The van der Waals surface area contributed by atoms with Crippen LogP contribution in [0, 0.1) is 0 Å². The van der Waals surface area contributed by atoms with Crippen molar-refractivity contribution in [2.75, 3.05) is 20.3 Å². The fourth-order valence-corrected chi connectivity index (χ4v) is 2.23. The molecule has 0 aliphatic carbocycles. The third-order valence-corrected chi connectivity index (χ3v) is 3.74. The van der Waals surface area contributed by atoms with Gasteiger partial charge in [-0.05, 0) is 13.3 Å². The van der Waals surface area contributed by atoms with Gasteiger partial charge < -0.3 is 15.4 Å². The highest BCUT2D eigenvalue weighted by Gasteiger charge is 2.22. The average molecular weight is 271 g/mol. The van der Waals surface area contributed by atoms with Gasteiger partial charge in [0.2, 0.25) is 0 Å². The fourth-order valence-electron chi connectivity index (χ4n) is 1.58. The van der Waals surface area contributed by atoms with E-state index in [4.69, 9.17) is 10.5 Å². The quantitative estimate of drug-likeness (QED) is 0.816. The molecule has 1 amide bonds. The van der Waals surface area contributed by atoms with Crippen LogP contribution in [-0.2, 0) is 11.3 Å². The molecule has 0 bridgehead atoms. The molecule has 0 saturated carbocycles. The van der Waals surface area contributed by atoms with Crippen LogP contribution in [0.25, 0.3) is 0 Å². The summed E-state index contributed by atoms with van der Waals surface area (Å²) in [7, 11) is 1.63. The monoisotopic (exact) mass is 271 g/mol. The molecule has 5 nitrogen and oxygen atoms in total. The summed E-state index contributed by atoms with van der Waals surface area (Å²) in [5.41, 5.74) is 5.99. The van der Waals surface area contributed by atoms with Crippen LogP contribution in [0.3, 0.4) is 0 Å². The van der Waals surface area contributed by atoms with Crippen molar-refractivity contribution in [1.29, 1.82) is 0 Å². The predicted molar refractivity (Wildman–Crippen MR) is 72.7 cm³/mol. The molecule has 6 heteroatoms. The molecule has 0 fully saturated rings. The Morgan fingerprint density at radius 1 is 1.67 bits per heavy atom. The number of rotatable bonds is 7. The summed E-state index contributed by atoms with van der Waals surface area (Å²) in [5, 5.41) is 2.56. The fraction of sp³-hybridized carbons (Fsp3) is 0.667. The number of nitrogens with two attached hydrogens (primary N) is 1. The van der Waals surface area contributed by atoms with Crippen molar-refractivity contribution >= 4 is 17.2 Å². The lowest BCUT2D eigenvalue weighted by atomic mass is 10.2. The minimum Gasteiger partial charge on any atom is -0.383 e. The van der Waals surface area contributed by atoms with Crippen LogP contribution in [0.1, 0.15) is 35.8 Å². The first-order valence-electron chi connectivity index (χ1n) is 6.08. The largest absolute Gasteiger partial charge is 0.383 e. The molecular weight excluding hydrogens is 250 g/mol. The number of amides is 1. The maximum absolute atomic E-state index is 12.4. The summed E-state index contributed by atoms with van der Waals surface area (Å²) in [6.45, 7) is 5.58. The van der Waals surface area contributed by atoms with Gasteiger partial charge in [0.25, 0.3) is 5.91 Å². The summed E-state index contributed by atoms with van der Waals surface area (Å²) in [6.07, 6.45) is 0.906. The highest BCUT2D eigenvalue weighted by Crippen LogP contribution is 2.14. The van der Waals surface area contributed by atoms with Gasteiger partial charge in [-0.3, -0.25) is 4.79 Å². The number of ether oxygens (including phenoxy) is 1. The zero-order valence-electron chi connectivity index (χ0n) is 11.2. The number of thiazole rings is 1. The Kier molecular flexibility index (Phi) is 6.24. The molecule has 2 N–H and O–H groups in total. The van der Waals surface area contributed by atoms with Gasteiger partial charge in [-0.15, -0.1) is 11.3 Å². The number of aromatic nitrogens is 1. The van der Waals surface area contributed by atoms with Gasteiger partial charge in [0, 0.05) is 31.6 Å². The topological polar surface area (TPSA) is 68.5 Å². The second kappa shape index (κ2) is 7.45. The normalized spacial score (nSPS) is 12.4. The number of carbonyl (C=O) groups excluding carboxylic acids is 1. The third-order valence-electron chi connectivity index (χ3n) is 2.87. The van der Waals surface area contributed by atoms with Crippen LogP contribution in [-0.4, -0.2) is 42.1 Å². The van der Waals surface area contributed by atoms with Crippen molar-refractivity contribution in [2.24, 2.45) is 5.73 Å². The predicted octanol–water partition coefficient (Wildman–Crippen LogP) is 1.49. The molecule has 1 rings (SSSR count). The molecule has 0 aliphatic heterocycles. The number of nitrogens with zero attached hydrogens (tertiary/aromatic N) is 2. The lowest BCUT2D eigenvalue weighted by molar-refractivity contribution is 0.0608. The smallest absolute Gasteiger partial charge is 0.273 e. The maximum Gasteiger partial charge on any atom is 0.273 e. The molecule has 0 spiro atoms. The SMILES string of the molecule is CCC(C)N(CCOC)C(=O)c1csc(CN)n1. The standard InChI is InChI=1S/C12H21N3O2S/c1-4-9(2)15(5-6-17-3)12(16)10-8-18-11(7-13)14-10/h8-9H,4-7,13H2,1-3H3. The highest BCUT2D eigenvalue weighted by atomic mass is 32.1. The number of hydrogen-bond acceptors (Lipinski definition) is 5. The van der Waals surface area contributed by atoms with E-state index in [2.05, 4.69) is 11.9 Å². The highest BCUT2D eigenvalue weighted by molar-refractivity contribution is 7.09. The third kappa shape index (κ3) is 3.76. The Morgan fingerprint density at radius 2 is 2.39 bits per heavy atom. The number of methoxy groups -OCH3 is 1. The molecule has 0 aliphatic rings. The van der Waals surface area contributed by atoms with E-state index in [0.29, 0.717) is 25.4 Å². The second-order valence-corrected chi connectivity index (χ2v) is 5.02. The lowest BCUT2D eigenvalue weighted by Gasteiger charge is -2.27. The van der Waals surface area contributed by atoms with Gasteiger partial charge in [-0.2, -0.15) is 0 Å². The average Bonchev–Trinajstić information content (AvgIpc) is 2.87. The van der Waals surface area contributed by atoms with Crippen molar-refractivity contribution < 1.29 is 9.53 Å². The lowest BCUT2D eigenvalue weighted by Crippen LogP contribution is -2.40. The van der Waals surface area contributed by atoms with Crippen LogP contribution in [0.4, 0.5) is 0 Å². The van der Waals surface area contributed by atoms with Crippen LogP contribution >= 0.6 is 11.3 Å². The summed E-state index contributed by atoms with van der Waals surface area (Å²) in [5.74, 6) is -0.0441. The van der Waals surface area contributed by atoms with E-state index in [1.807, 2.05) is 6.92 Å². The van der Waals surface area contributed by atoms with Crippen molar-refractivity contribution in [3.05, 3.63) is 16.1 Å². The molecule has 1 aromatic heterocycles. The molecule has 0 radical (unpaired) electrons. The Bertz CT molecular complexity index is 381. The molecular formula is C12H21N3O2S. The summed E-state index contributed by atoms with van der Waals surface area (Å²) in [6, 6.07) is 0.177. The van der Waals surface area contributed by atoms with Gasteiger partial charge >= 0.3 is 0 Å². The molecule has 1 heterocycles. The number of carbonyl (C=O) groups is 1. The van der Waals surface area contributed by atoms with Gasteiger partial charge in [0.05, 0.1) is 6.61 Å². The first-order valence-corrected chi connectivity index (χ1v) is 6.96. The Hall–Kier alpha value is -0.980. The van der Waals surface area contributed by atoms with Crippen LogP contribution in [0.15, 0.2) is 5.38 Å². The van der Waals surface area contributed by atoms with Gasteiger partial charge in [-0.1, -0.05) is 6.92 Å². The van der Waals surface area contributed by atoms with Crippen molar-refractivity contribution in [3.8, 4) is 0 Å².